The summed E-state index contributed by atoms with van der Waals surface area (Å²) in [4.78, 5) is 8.58. The molecule has 2 rings (SSSR count). The van der Waals surface area contributed by atoms with Gasteiger partial charge in [0.2, 0.25) is 5.89 Å². The van der Waals surface area contributed by atoms with Crippen LogP contribution in [-0.4, -0.2) is 41.9 Å². The average molecular weight is 451 g/mol. The van der Waals surface area contributed by atoms with Crippen LogP contribution < -0.4 is 10.6 Å². The Balaban J connectivity index is 0.00000288. The molecule has 0 saturated heterocycles. The molecule has 0 radical (unpaired) electrons. The van der Waals surface area contributed by atoms with E-state index in [4.69, 9.17) is 9.26 Å². The van der Waals surface area contributed by atoms with Crippen LogP contribution in [0.1, 0.15) is 57.2 Å². The molecule has 1 aromatic heterocycles. The minimum absolute atomic E-state index is 0. The van der Waals surface area contributed by atoms with Gasteiger partial charge in [-0.05, 0) is 26.7 Å². The quantitative estimate of drug-likeness (QED) is 0.218. The van der Waals surface area contributed by atoms with Gasteiger partial charge in [0, 0.05) is 13.1 Å². The first kappa shape index (κ1) is 21.1. The maximum absolute atomic E-state index is 5.97. The van der Waals surface area contributed by atoms with Crippen molar-refractivity contribution in [2.75, 3.05) is 19.7 Å². The summed E-state index contributed by atoms with van der Waals surface area (Å²) in [6.45, 7) is 6.46. The summed E-state index contributed by atoms with van der Waals surface area (Å²) in [5.41, 5.74) is 0. The summed E-state index contributed by atoms with van der Waals surface area (Å²) < 4.78 is 11.0. The average Bonchev–Trinajstić information content (AvgIpc) is 2.80. The Morgan fingerprint density at radius 3 is 2.62 bits per heavy atom. The minimum Gasteiger partial charge on any atom is -0.376 e. The third-order valence-electron chi connectivity index (χ3n) is 3.84. The van der Waals surface area contributed by atoms with Gasteiger partial charge in [0.05, 0.1) is 12.7 Å². The molecule has 8 heteroatoms. The smallest absolute Gasteiger partial charge is 0.248 e. The maximum Gasteiger partial charge on any atom is 0.248 e. The van der Waals surface area contributed by atoms with E-state index in [9.17, 15) is 0 Å². The van der Waals surface area contributed by atoms with Crippen molar-refractivity contribution in [3.05, 3.63) is 11.7 Å². The molecule has 0 atom stereocenters. The van der Waals surface area contributed by atoms with E-state index in [1.54, 1.807) is 6.92 Å². The van der Waals surface area contributed by atoms with Gasteiger partial charge in [-0.25, -0.2) is 4.99 Å². The van der Waals surface area contributed by atoms with Gasteiger partial charge in [-0.3, -0.25) is 0 Å². The predicted molar refractivity (Wildman–Crippen MR) is 105 cm³/mol. The van der Waals surface area contributed by atoms with Crippen LogP contribution >= 0.6 is 24.0 Å². The summed E-state index contributed by atoms with van der Waals surface area (Å²) in [7, 11) is 0. The number of aryl methyl sites for hydroxylation is 1. The standard InChI is InChI=1S/C16H29N5O2.HI/c1-3-17-16(19-12-15-20-13(2)21-23-15)18-10-11-22-14-8-6-4-5-7-9-14;/h14H,3-12H2,1-2H3,(H2,17,18,19);1H. The Morgan fingerprint density at radius 2 is 2.00 bits per heavy atom. The number of hydrogen-bond donors (Lipinski definition) is 2. The van der Waals surface area contributed by atoms with Gasteiger partial charge in [0.1, 0.15) is 6.54 Å². The molecule has 0 unspecified atom stereocenters. The third-order valence-corrected chi connectivity index (χ3v) is 3.84. The number of ether oxygens (including phenoxy) is 1. The molecule has 0 amide bonds. The number of nitrogens with zero attached hydrogens (tertiary/aromatic N) is 3. The molecule has 0 aromatic carbocycles. The van der Waals surface area contributed by atoms with Gasteiger partial charge in [-0.15, -0.1) is 24.0 Å². The topological polar surface area (TPSA) is 84.6 Å². The van der Waals surface area contributed by atoms with Crippen LogP contribution in [0.15, 0.2) is 9.52 Å². The third kappa shape index (κ3) is 8.27. The fourth-order valence-electron chi connectivity index (χ4n) is 2.70. The molecule has 138 valence electrons. The Kier molecular flexibility index (Phi) is 11.0. The number of nitrogens with one attached hydrogen (secondary N) is 2. The molecule has 1 fully saturated rings. The lowest BCUT2D eigenvalue weighted by molar-refractivity contribution is 0.0468. The van der Waals surface area contributed by atoms with Crippen LogP contribution in [-0.2, 0) is 11.3 Å². The molecule has 0 spiro atoms. The minimum atomic E-state index is 0. The molecule has 1 aliphatic rings. The highest BCUT2D eigenvalue weighted by atomic mass is 127. The van der Waals surface area contributed by atoms with Crippen molar-refractivity contribution in [1.82, 2.24) is 20.8 Å². The van der Waals surface area contributed by atoms with Crippen molar-refractivity contribution < 1.29 is 9.26 Å². The second kappa shape index (κ2) is 12.5. The number of aromatic nitrogens is 2. The zero-order chi connectivity index (χ0) is 16.3. The van der Waals surface area contributed by atoms with Crippen LogP contribution in [0.2, 0.25) is 0 Å². The molecule has 1 aromatic rings. The van der Waals surface area contributed by atoms with E-state index in [0.29, 0.717) is 31.0 Å². The fourth-order valence-corrected chi connectivity index (χ4v) is 2.70. The second-order valence-corrected chi connectivity index (χ2v) is 5.84. The molecule has 7 nitrogen and oxygen atoms in total. The molecule has 1 heterocycles. The van der Waals surface area contributed by atoms with Gasteiger partial charge in [-0.1, -0.05) is 30.8 Å². The van der Waals surface area contributed by atoms with Gasteiger partial charge in [-0.2, -0.15) is 4.98 Å². The van der Waals surface area contributed by atoms with Crippen LogP contribution in [0.3, 0.4) is 0 Å². The number of rotatable bonds is 7. The Hall–Kier alpha value is -0.900. The Morgan fingerprint density at radius 1 is 1.25 bits per heavy atom. The normalized spacial score (nSPS) is 16.3. The maximum atomic E-state index is 5.97. The van der Waals surface area contributed by atoms with Crippen LogP contribution in [0.25, 0.3) is 0 Å². The zero-order valence-electron chi connectivity index (χ0n) is 14.7. The summed E-state index contributed by atoms with van der Waals surface area (Å²) in [6, 6.07) is 0. The van der Waals surface area contributed by atoms with Crippen molar-refractivity contribution >= 4 is 29.9 Å². The number of halogens is 1. The van der Waals surface area contributed by atoms with E-state index < -0.39 is 0 Å². The zero-order valence-corrected chi connectivity index (χ0v) is 17.0. The lowest BCUT2D eigenvalue weighted by atomic mass is 10.1. The van der Waals surface area contributed by atoms with Gasteiger partial charge in [0.25, 0.3) is 0 Å². The first-order chi connectivity index (χ1) is 11.3. The van der Waals surface area contributed by atoms with Crippen molar-refractivity contribution in [1.29, 1.82) is 0 Å². The summed E-state index contributed by atoms with van der Waals surface area (Å²) in [5, 5.41) is 10.2. The van der Waals surface area contributed by atoms with Crippen molar-refractivity contribution in [3.63, 3.8) is 0 Å². The predicted octanol–water partition coefficient (Wildman–Crippen LogP) is 2.79. The van der Waals surface area contributed by atoms with E-state index in [2.05, 4.69) is 25.8 Å². The van der Waals surface area contributed by atoms with Gasteiger partial charge in [0.15, 0.2) is 11.8 Å². The first-order valence-electron chi connectivity index (χ1n) is 8.71. The number of hydrogen-bond acceptors (Lipinski definition) is 5. The first-order valence-corrected chi connectivity index (χ1v) is 8.71. The van der Waals surface area contributed by atoms with Crippen molar-refractivity contribution in [2.45, 2.75) is 65.0 Å². The second-order valence-electron chi connectivity index (χ2n) is 5.84. The lowest BCUT2D eigenvalue weighted by Crippen LogP contribution is -2.39. The van der Waals surface area contributed by atoms with Crippen LogP contribution in [0.5, 0.6) is 0 Å². The molecular weight excluding hydrogens is 421 g/mol. The van der Waals surface area contributed by atoms with E-state index in [-0.39, 0.29) is 24.0 Å². The van der Waals surface area contributed by atoms with E-state index in [1.807, 2.05) is 6.92 Å². The van der Waals surface area contributed by atoms with E-state index in [0.717, 1.165) is 19.0 Å². The summed E-state index contributed by atoms with van der Waals surface area (Å²) in [5.74, 6) is 1.90. The SMILES string of the molecule is CCNC(=NCc1nc(C)no1)NCCOC1CCCCCC1.I. The number of guanidine groups is 1. The molecule has 24 heavy (non-hydrogen) atoms. The summed E-state index contributed by atoms with van der Waals surface area (Å²) >= 11 is 0. The number of aliphatic imine (C=N–C) groups is 1. The molecule has 1 saturated carbocycles. The highest BCUT2D eigenvalue weighted by molar-refractivity contribution is 14.0. The molecular formula is C16H30IN5O2. The Labute approximate surface area is 161 Å². The lowest BCUT2D eigenvalue weighted by Gasteiger charge is -2.16. The van der Waals surface area contributed by atoms with E-state index >= 15 is 0 Å². The fraction of sp³-hybridized carbons (Fsp3) is 0.812. The van der Waals surface area contributed by atoms with Crippen molar-refractivity contribution in [2.24, 2.45) is 4.99 Å². The van der Waals surface area contributed by atoms with Gasteiger partial charge >= 0.3 is 0 Å². The Bertz CT molecular complexity index is 473. The van der Waals surface area contributed by atoms with Crippen molar-refractivity contribution in [3.8, 4) is 0 Å². The largest absolute Gasteiger partial charge is 0.376 e. The van der Waals surface area contributed by atoms with E-state index in [1.165, 1.54) is 38.5 Å². The molecule has 0 bridgehead atoms. The highest BCUT2D eigenvalue weighted by Crippen LogP contribution is 2.19. The van der Waals surface area contributed by atoms with Gasteiger partial charge < -0.3 is 19.9 Å². The molecule has 0 aliphatic heterocycles. The summed E-state index contributed by atoms with van der Waals surface area (Å²) in [6.07, 6.45) is 8.13. The molecule has 2 N–H and O–H groups in total. The molecule has 1 aliphatic carbocycles. The van der Waals surface area contributed by atoms with Crippen LogP contribution in [0.4, 0.5) is 0 Å². The highest BCUT2D eigenvalue weighted by Gasteiger charge is 2.12. The van der Waals surface area contributed by atoms with Crippen LogP contribution in [0, 0.1) is 6.92 Å². The monoisotopic (exact) mass is 451 g/mol.